The minimum Gasteiger partial charge on any atom is -0.406 e. The number of hydrogen-bond donors (Lipinski definition) is 3. The van der Waals surface area contributed by atoms with Gasteiger partial charge in [-0.1, -0.05) is 5.16 Å². The highest BCUT2D eigenvalue weighted by Gasteiger charge is 2.31. The van der Waals surface area contributed by atoms with Crippen LogP contribution in [0.3, 0.4) is 0 Å². The molecule has 0 atom stereocenters. The molecule has 2 heterocycles. The summed E-state index contributed by atoms with van der Waals surface area (Å²) >= 11 is 0. The highest BCUT2D eigenvalue weighted by Crippen LogP contribution is 2.27. The number of nitrogens with zero attached hydrogens (tertiary/aromatic N) is 3. The Bertz CT molecular complexity index is 1690. The number of carbonyl (C=O) groups excluding carboxylic acids is 1. The number of halogens is 5. The number of nitrogens with one attached hydrogen (secondary N) is 3. The number of anilines is 4. The molecule has 0 saturated heterocycles. The van der Waals surface area contributed by atoms with Crippen LogP contribution in [0.5, 0.6) is 5.75 Å². The Morgan fingerprint density at radius 3 is 2.26 bits per heavy atom. The zero-order valence-corrected chi connectivity index (χ0v) is 21.2. The summed E-state index contributed by atoms with van der Waals surface area (Å²) in [6, 6.07) is 18.3. The molecule has 9 nitrogen and oxygen atoms in total. The maximum atomic E-state index is 13.3. The largest absolute Gasteiger partial charge is 0.573 e. The van der Waals surface area contributed by atoms with Crippen LogP contribution < -0.4 is 20.7 Å². The lowest BCUT2D eigenvalue weighted by molar-refractivity contribution is -0.274. The molecule has 1 amide bonds. The van der Waals surface area contributed by atoms with E-state index in [4.69, 9.17) is 4.52 Å². The quantitative estimate of drug-likeness (QED) is 0.163. The second kappa shape index (κ2) is 11.9. The van der Waals surface area contributed by atoms with Crippen LogP contribution in [0.15, 0.2) is 89.6 Å². The molecule has 14 heteroatoms. The monoisotopic (exact) mass is 582 g/mol. The van der Waals surface area contributed by atoms with Crippen LogP contribution in [-0.4, -0.2) is 33.9 Å². The molecule has 3 aromatic carbocycles. The lowest BCUT2D eigenvalue weighted by Gasteiger charge is -2.10. The van der Waals surface area contributed by atoms with Crippen molar-refractivity contribution in [3.8, 4) is 28.6 Å². The molecule has 0 bridgehead atoms. The van der Waals surface area contributed by atoms with Crippen molar-refractivity contribution in [3.05, 3.63) is 96.7 Å². The normalized spacial score (nSPS) is 11.2. The zero-order chi connectivity index (χ0) is 29.7. The minimum absolute atomic E-state index is 0.166. The number of amides is 1. The van der Waals surface area contributed by atoms with Crippen LogP contribution in [0.25, 0.3) is 22.8 Å². The van der Waals surface area contributed by atoms with Gasteiger partial charge in [0.2, 0.25) is 11.7 Å². The molecular weight excluding hydrogens is 563 g/mol. The fourth-order valence-electron chi connectivity index (χ4n) is 3.67. The molecule has 0 aliphatic carbocycles. The van der Waals surface area contributed by atoms with Crippen LogP contribution in [0, 0.1) is 11.6 Å². The van der Waals surface area contributed by atoms with Gasteiger partial charge in [0.1, 0.15) is 11.6 Å². The van der Waals surface area contributed by atoms with Gasteiger partial charge in [0.15, 0.2) is 11.6 Å². The van der Waals surface area contributed by atoms with Gasteiger partial charge in [0.25, 0.3) is 5.89 Å². The van der Waals surface area contributed by atoms with Gasteiger partial charge in [0, 0.05) is 40.5 Å². The Hall–Kier alpha value is -5.53. The lowest BCUT2D eigenvalue weighted by atomic mass is 10.2. The standard InChI is InChI=1S/C28H19F5N6O3/c29-22-10-7-20(14-23(22)30)35-15-25(40)37-19-3-1-16(2-4-19)27-38-26(39-42-27)17-11-12-34-24(13-17)36-18-5-8-21(9-6-18)41-28(31,32)33/h1-14,35H,15H2,(H,34,36)(H,37,40). The van der Waals surface area contributed by atoms with E-state index in [2.05, 4.69) is 35.8 Å². The van der Waals surface area contributed by atoms with Gasteiger partial charge in [-0.15, -0.1) is 13.2 Å². The maximum absolute atomic E-state index is 13.3. The molecule has 5 rings (SSSR count). The Kier molecular flexibility index (Phi) is 7.95. The highest BCUT2D eigenvalue weighted by atomic mass is 19.4. The number of carbonyl (C=O) groups is 1. The zero-order valence-electron chi connectivity index (χ0n) is 21.2. The van der Waals surface area contributed by atoms with Gasteiger partial charge in [-0.2, -0.15) is 4.98 Å². The van der Waals surface area contributed by atoms with Gasteiger partial charge in [0.05, 0.1) is 6.54 Å². The SMILES string of the molecule is O=C(CNc1ccc(F)c(F)c1)Nc1ccc(-c2nc(-c3ccnc(Nc4ccc(OC(F)(F)F)cc4)c3)no2)cc1. The molecule has 0 aliphatic heterocycles. The van der Waals surface area contributed by atoms with Crippen molar-refractivity contribution < 1.29 is 36.0 Å². The topological polar surface area (TPSA) is 114 Å². The molecule has 0 unspecified atom stereocenters. The fraction of sp³-hybridized carbons (Fsp3) is 0.0714. The fourth-order valence-corrected chi connectivity index (χ4v) is 3.67. The minimum atomic E-state index is -4.78. The average molecular weight is 582 g/mol. The molecule has 0 radical (unpaired) electrons. The summed E-state index contributed by atoms with van der Waals surface area (Å²) in [5.41, 5.74) is 2.38. The van der Waals surface area contributed by atoms with Crippen LogP contribution in [0.1, 0.15) is 0 Å². The summed E-state index contributed by atoms with van der Waals surface area (Å²) in [7, 11) is 0. The van der Waals surface area contributed by atoms with Crippen molar-refractivity contribution in [2.45, 2.75) is 6.36 Å². The number of aromatic nitrogens is 3. The van der Waals surface area contributed by atoms with E-state index in [1.54, 1.807) is 36.4 Å². The van der Waals surface area contributed by atoms with E-state index in [1.807, 2.05) is 0 Å². The summed E-state index contributed by atoms with van der Waals surface area (Å²) in [4.78, 5) is 20.8. The number of ether oxygens (including phenoxy) is 1. The van der Waals surface area contributed by atoms with Gasteiger partial charge in [-0.05, 0) is 72.8 Å². The van der Waals surface area contributed by atoms with Crippen molar-refractivity contribution in [1.82, 2.24) is 15.1 Å². The van der Waals surface area contributed by atoms with Crippen LogP contribution in [0.2, 0.25) is 0 Å². The van der Waals surface area contributed by atoms with Crippen molar-refractivity contribution in [2.24, 2.45) is 0 Å². The Morgan fingerprint density at radius 1 is 0.833 bits per heavy atom. The Morgan fingerprint density at radius 2 is 1.55 bits per heavy atom. The number of alkyl halides is 3. The van der Waals surface area contributed by atoms with Crippen LogP contribution in [-0.2, 0) is 4.79 Å². The first-order valence-electron chi connectivity index (χ1n) is 12.1. The Labute approximate surface area is 234 Å². The smallest absolute Gasteiger partial charge is 0.406 e. The van der Waals surface area contributed by atoms with Gasteiger partial charge in [-0.25, -0.2) is 13.8 Å². The number of hydrogen-bond acceptors (Lipinski definition) is 8. The van der Waals surface area contributed by atoms with E-state index in [0.717, 1.165) is 12.1 Å². The maximum Gasteiger partial charge on any atom is 0.573 e. The molecule has 0 aliphatic rings. The summed E-state index contributed by atoms with van der Waals surface area (Å²) in [6.45, 7) is -0.166. The lowest BCUT2D eigenvalue weighted by Crippen LogP contribution is -2.21. The van der Waals surface area contributed by atoms with Crippen molar-refractivity contribution in [2.75, 3.05) is 22.5 Å². The third-order valence-corrected chi connectivity index (χ3v) is 5.59. The third kappa shape index (κ3) is 7.35. The third-order valence-electron chi connectivity index (χ3n) is 5.59. The van der Waals surface area contributed by atoms with Crippen molar-refractivity contribution in [3.63, 3.8) is 0 Å². The van der Waals surface area contributed by atoms with Crippen molar-refractivity contribution >= 4 is 28.8 Å². The molecule has 2 aromatic heterocycles. The summed E-state index contributed by atoms with van der Waals surface area (Å²) in [5, 5.41) is 12.4. The number of pyridine rings is 1. The highest BCUT2D eigenvalue weighted by molar-refractivity contribution is 5.93. The second-order valence-corrected chi connectivity index (χ2v) is 8.66. The first-order valence-corrected chi connectivity index (χ1v) is 12.1. The molecule has 0 fully saturated rings. The summed E-state index contributed by atoms with van der Waals surface area (Å²) < 4.78 is 72.7. The van der Waals surface area contributed by atoms with Crippen molar-refractivity contribution in [1.29, 1.82) is 0 Å². The Balaban J connectivity index is 1.18. The van der Waals surface area contributed by atoms with Gasteiger partial charge < -0.3 is 25.2 Å². The molecule has 0 saturated carbocycles. The summed E-state index contributed by atoms with van der Waals surface area (Å²) in [6.07, 6.45) is -3.27. The van der Waals surface area contributed by atoms with E-state index >= 15 is 0 Å². The number of rotatable bonds is 9. The molecule has 214 valence electrons. The van der Waals surface area contributed by atoms with E-state index in [1.165, 1.54) is 36.5 Å². The molecule has 42 heavy (non-hydrogen) atoms. The van der Waals surface area contributed by atoms with Crippen LogP contribution >= 0.6 is 0 Å². The van der Waals surface area contributed by atoms with Gasteiger partial charge in [-0.3, -0.25) is 4.79 Å². The molecule has 3 N–H and O–H groups in total. The first-order chi connectivity index (χ1) is 20.1. The van der Waals surface area contributed by atoms with E-state index in [0.29, 0.717) is 28.3 Å². The second-order valence-electron chi connectivity index (χ2n) is 8.66. The van der Waals surface area contributed by atoms with Gasteiger partial charge >= 0.3 is 6.36 Å². The van der Waals surface area contributed by atoms with E-state index in [-0.39, 0.29) is 29.7 Å². The molecule has 5 aromatic rings. The predicted octanol–water partition coefficient (Wildman–Crippen LogP) is 6.77. The average Bonchev–Trinajstić information content (AvgIpc) is 3.45. The predicted molar refractivity (Wildman–Crippen MR) is 143 cm³/mol. The summed E-state index contributed by atoms with van der Waals surface area (Å²) in [5.74, 6) is -1.87. The molecule has 0 spiro atoms. The van der Waals surface area contributed by atoms with E-state index < -0.39 is 23.9 Å². The number of benzene rings is 3. The molecular formula is C28H19F5N6O3. The van der Waals surface area contributed by atoms with Crippen LogP contribution in [0.4, 0.5) is 44.8 Å². The first kappa shape index (κ1) is 28.0. The van der Waals surface area contributed by atoms with E-state index in [9.17, 15) is 26.7 Å².